The fourth-order valence-electron chi connectivity index (χ4n) is 3.09. The van der Waals surface area contributed by atoms with E-state index in [-0.39, 0.29) is 6.17 Å². The summed E-state index contributed by atoms with van der Waals surface area (Å²) >= 11 is 0. The molecule has 0 aliphatic carbocycles. The molecule has 1 atom stereocenters. The molecule has 0 aromatic carbocycles. The maximum Gasteiger partial charge on any atom is 0.122 e. The molecule has 0 bridgehead atoms. The van der Waals surface area contributed by atoms with Crippen molar-refractivity contribution < 1.29 is 4.79 Å². The summed E-state index contributed by atoms with van der Waals surface area (Å²) < 4.78 is 0. The molecule has 0 saturated carbocycles. The van der Waals surface area contributed by atoms with E-state index in [4.69, 9.17) is 5.73 Å². The molecule has 0 aromatic heterocycles. The van der Waals surface area contributed by atoms with E-state index in [9.17, 15) is 4.79 Å². The Morgan fingerprint density at radius 3 is 1.81 bits per heavy atom. The Bertz CT molecular complexity index is 292. The van der Waals surface area contributed by atoms with Crippen molar-refractivity contribution in [3.8, 4) is 0 Å². The number of hydrogen-bond donors (Lipinski definition) is 5. The molecule has 0 aromatic rings. The van der Waals surface area contributed by atoms with E-state index in [0.717, 1.165) is 45.6 Å². The van der Waals surface area contributed by atoms with Gasteiger partial charge in [-0.15, -0.1) is 0 Å². The average Bonchev–Trinajstić information content (AvgIpc) is 2.68. The van der Waals surface area contributed by atoms with Crippen molar-refractivity contribution in [1.82, 2.24) is 21.3 Å². The van der Waals surface area contributed by atoms with Gasteiger partial charge in [0.2, 0.25) is 0 Å². The quantitative estimate of drug-likeness (QED) is 0.105. The van der Waals surface area contributed by atoms with E-state index < -0.39 is 0 Å². The second kappa shape index (κ2) is 23.5. The minimum Gasteiger partial charge on any atom is -0.329 e. The Labute approximate surface area is 168 Å². The highest BCUT2D eigenvalue weighted by Crippen LogP contribution is 2.10. The fourth-order valence-corrected chi connectivity index (χ4v) is 3.09. The predicted molar refractivity (Wildman–Crippen MR) is 117 cm³/mol. The van der Waals surface area contributed by atoms with Crippen molar-refractivity contribution in [3.63, 3.8) is 0 Å². The number of carbonyl (C=O) groups is 1. The predicted octanol–water partition coefficient (Wildman–Crippen LogP) is 2.14. The molecule has 0 aliphatic rings. The lowest BCUT2D eigenvalue weighted by Crippen LogP contribution is -2.45. The van der Waals surface area contributed by atoms with Gasteiger partial charge in [-0.1, -0.05) is 64.7 Å². The highest BCUT2D eigenvalue weighted by atomic mass is 16.1. The van der Waals surface area contributed by atoms with Gasteiger partial charge < -0.3 is 31.8 Å². The number of carbonyl (C=O) groups excluding carboxylic acids is 1. The molecule has 1 unspecified atom stereocenters. The molecule has 0 amide bonds. The van der Waals surface area contributed by atoms with E-state index in [0.29, 0.717) is 13.0 Å². The van der Waals surface area contributed by atoms with Crippen molar-refractivity contribution >= 4 is 6.29 Å². The summed E-state index contributed by atoms with van der Waals surface area (Å²) in [5, 5.41) is 13.5. The maximum atomic E-state index is 10.8. The van der Waals surface area contributed by atoms with Gasteiger partial charge in [-0.25, -0.2) is 0 Å². The number of aldehydes is 1. The van der Waals surface area contributed by atoms with Crippen molar-refractivity contribution in [1.29, 1.82) is 0 Å². The first kappa shape index (κ1) is 26.5. The zero-order chi connectivity index (χ0) is 19.8. The first-order valence-electron chi connectivity index (χ1n) is 11.4. The largest absolute Gasteiger partial charge is 0.329 e. The second-order valence-electron chi connectivity index (χ2n) is 7.33. The number of nitrogens with two attached hydrogens (primary N) is 1. The molecule has 0 spiro atoms. The van der Waals surface area contributed by atoms with Gasteiger partial charge in [0.05, 0.1) is 6.17 Å². The molecule has 0 fully saturated rings. The molecule has 162 valence electrons. The minimum absolute atomic E-state index is 0.0956. The van der Waals surface area contributed by atoms with E-state index in [1.54, 1.807) is 0 Å². The van der Waals surface area contributed by atoms with Crippen LogP contribution in [0.5, 0.6) is 0 Å². The molecule has 6 heteroatoms. The maximum absolute atomic E-state index is 10.8. The van der Waals surface area contributed by atoms with Crippen LogP contribution in [0.15, 0.2) is 0 Å². The Morgan fingerprint density at radius 2 is 1.22 bits per heavy atom. The van der Waals surface area contributed by atoms with Gasteiger partial charge in [0, 0.05) is 45.7 Å². The number of nitrogens with one attached hydrogen (secondary N) is 4. The molecule has 6 nitrogen and oxygen atoms in total. The van der Waals surface area contributed by atoms with Crippen molar-refractivity contribution in [3.05, 3.63) is 0 Å². The summed E-state index contributed by atoms with van der Waals surface area (Å²) in [6.45, 7) is 8.43. The Kier molecular flexibility index (Phi) is 23.0. The van der Waals surface area contributed by atoms with Crippen molar-refractivity contribution in [2.45, 2.75) is 83.7 Å². The summed E-state index contributed by atoms with van der Waals surface area (Å²) in [6, 6.07) is 0. The lowest BCUT2D eigenvalue weighted by molar-refractivity contribution is -0.108. The average molecular weight is 386 g/mol. The van der Waals surface area contributed by atoms with Gasteiger partial charge in [-0.05, 0) is 13.0 Å². The molecule has 0 rings (SSSR count). The molecule has 27 heavy (non-hydrogen) atoms. The summed E-state index contributed by atoms with van der Waals surface area (Å²) in [4.78, 5) is 10.8. The Hall–Kier alpha value is -0.530. The van der Waals surface area contributed by atoms with Gasteiger partial charge in [-0.2, -0.15) is 0 Å². The number of rotatable bonds is 23. The molecular formula is C21H47N5O. The normalized spacial score (nSPS) is 12.4. The van der Waals surface area contributed by atoms with Gasteiger partial charge in [0.15, 0.2) is 0 Å². The van der Waals surface area contributed by atoms with Crippen LogP contribution in [0.1, 0.15) is 77.6 Å². The lowest BCUT2D eigenvalue weighted by Gasteiger charge is -2.18. The molecule has 0 heterocycles. The monoisotopic (exact) mass is 385 g/mol. The van der Waals surface area contributed by atoms with Crippen LogP contribution in [-0.2, 0) is 4.79 Å². The molecule has 0 radical (unpaired) electrons. The smallest absolute Gasteiger partial charge is 0.122 e. The second-order valence-corrected chi connectivity index (χ2v) is 7.33. The Balaban J connectivity index is 3.41. The van der Waals surface area contributed by atoms with E-state index in [1.807, 2.05) is 0 Å². The SMILES string of the molecule is CCCCCCCCCCCCNC(CC=O)NCCNCCNCCN. The number of unbranched alkanes of at least 4 members (excludes halogenated alkanes) is 9. The topological polar surface area (TPSA) is 91.2 Å². The van der Waals surface area contributed by atoms with Crippen LogP contribution in [0.2, 0.25) is 0 Å². The zero-order valence-electron chi connectivity index (χ0n) is 17.9. The summed E-state index contributed by atoms with van der Waals surface area (Å²) in [5.74, 6) is 0. The molecule has 0 saturated heterocycles. The van der Waals surface area contributed by atoms with Crippen LogP contribution in [0, 0.1) is 0 Å². The summed E-state index contributed by atoms with van der Waals surface area (Å²) in [6.07, 6.45) is 15.1. The minimum atomic E-state index is 0.0956. The third-order valence-electron chi connectivity index (χ3n) is 4.75. The highest BCUT2D eigenvalue weighted by molar-refractivity contribution is 5.50. The van der Waals surface area contributed by atoms with Crippen LogP contribution >= 0.6 is 0 Å². The molecular weight excluding hydrogens is 338 g/mol. The van der Waals surface area contributed by atoms with E-state index in [2.05, 4.69) is 28.2 Å². The van der Waals surface area contributed by atoms with Gasteiger partial charge in [0.25, 0.3) is 0 Å². The lowest BCUT2D eigenvalue weighted by atomic mass is 10.1. The molecule has 0 aliphatic heterocycles. The van der Waals surface area contributed by atoms with Crippen molar-refractivity contribution in [2.75, 3.05) is 45.8 Å². The van der Waals surface area contributed by atoms with Crippen molar-refractivity contribution in [2.24, 2.45) is 5.73 Å². The fraction of sp³-hybridized carbons (Fsp3) is 0.952. The van der Waals surface area contributed by atoms with Gasteiger partial charge in [-0.3, -0.25) is 0 Å². The zero-order valence-corrected chi connectivity index (χ0v) is 17.9. The number of hydrogen-bond acceptors (Lipinski definition) is 6. The summed E-state index contributed by atoms with van der Waals surface area (Å²) in [7, 11) is 0. The van der Waals surface area contributed by atoms with E-state index in [1.165, 1.54) is 64.2 Å². The third-order valence-corrected chi connectivity index (χ3v) is 4.75. The van der Waals surface area contributed by atoms with Crippen LogP contribution in [0.4, 0.5) is 0 Å². The highest BCUT2D eigenvalue weighted by Gasteiger charge is 2.05. The van der Waals surface area contributed by atoms with Crippen LogP contribution in [0.3, 0.4) is 0 Å². The van der Waals surface area contributed by atoms with Gasteiger partial charge in [0.1, 0.15) is 6.29 Å². The first-order valence-corrected chi connectivity index (χ1v) is 11.4. The van der Waals surface area contributed by atoms with Crippen LogP contribution in [0.25, 0.3) is 0 Å². The van der Waals surface area contributed by atoms with Crippen LogP contribution < -0.4 is 27.0 Å². The molecule has 6 N–H and O–H groups in total. The van der Waals surface area contributed by atoms with E-state index >= 15 is 0 Å². The third kappa shape index (κ3) is 21.6. The van der Waals surface area contributed by atoms with Gasteiger partial charge >= 0.3 is 0 Å². The standard InChI is InChI=1S/C21H47N5O/c1-2-3-4-5-6-7-8-9-10-11-14-25-21(12-20-27)26-19-18-24-17-16-23-15-13-22/h20-21,23-26H,2-19,22H2,1H3. The summed E-state index contributed by atoms with van der Waals surface area (Å²) in [5.41, 5.74) is 5.42. The first-order chi connectivity index (χ1) is 13.3. The van der Waals surface area contributed by atoms with Crippen LogP contribution in [-0.4, -0.2) is 58.3 Å². The Morgan fingerprint density at radius 1 is 0.704 bits per heavy atom.